The lowest BCUT2D eigenvalue weighted by Gasteiger charge is -2.43. The topological polar surface area (TPSA) is 19.6 Å². The molecule has 0 saturated heterocycles. The van der Waals surface area contributed by atoms with E-state index in [1.54, 1.807) is 0 Å². The van der Waals surface area contributed by atoms with Crippen molar-refractivity contribution < 1.29 is 4.42 Å². The zero-order valence-electron chi connectivity index (χ0n) is 39.6. The molecule has 0 amide bonds. The molecule has 0 atom stereocenters. The molecule has 0 unspecified atom stereocenters. The maximum absolute atomic E-state index is 7.27. The first-order valence-electron chi connectivity index (χ1n) is 23.2. The predicted molar refractivity (Wildman–Crippen MR) is 282 cm³/mol. The average molecular weight is 865 g/mol. The first kappa shape index (κ1) is 41.4. The Morgan fingerprint density at radius 2 is 1.14 bits per heavy atom. The Morgan fingerprint density at radius 3 is 1.85 bits per heavy atom. The molecule has 0 bridgehead atoms. The van der Waals surface area contributed by atoms with Crippen molar-refractivity contribution in [1.82, 2.24) is 0 Å². The third kappa shape index (κ3) is 6.68. The number of benzene rings is 7. The van der Waals surface area contributed by atoms with Gasteiger partial charge < -0.3 is 9.32 Å². The zero-order chi connectivity index (χ0) is 45.3. The van der Waals surface area contributed by atoms with E-state index in [0.717, 1.165) is 22.8 Å². The number of furan rings is 1. The molecule has 9 aromatic rings. The zero-order valence-corrected chi connectivity index (χ0v) is 40.5. The minimum absolute atomic E-state index is 0.0171. The lowest BCUT2D eigenvalue weighted by Crippen LogP contribution is -2.61. The molecular formula is C60H57BN2OS. The third-order valence-corrected chi connectivity index (χ3v) is 15.1. The van der Waals surface area contributed by atoms with Crippen molar-refractivity contribution in [3.8, 4) is 21.6 Å². The van der Waals surface area contributed by atoms with Crippen LogP contribution in [0.15, 0.2) is 150 Å². The van der Waals surface area contributed by atoms with Gasteiger partial charge in [-0.2, -0.15) is 0 Å². The molecule has 2 aliphatic rings. The van der Waals surface area contributed by atoms with Crippen LogP contribution in [0, 0.1) is 13.8 Å². The molecule has 4 heterocycles. The summed E-state index contributed by atoms with van der Waals surface area (Å²) in [6.45, 7) is 25.2. The molecule has 0 spiro atoms. The van der Waals surface area contributed by atoms with E-state index in [9.17, 15) is 0 Å². The Bertz CT molecular complexity index is 3340. The summed E-state index contributed by atoms with van der Waals surface area (Å²) in [6, 6.07) is 55.1. The largest absolute Gasteiger partial charge is 0.440 e. The number of rotatable bonds is 4. The summed E-state index contributed by atoms with van der Waals surface area (Å²) in [7, 11) is 0. The van der Waals surface area contributed by atoms with Gasteiger partial charge in [0.25, 0.3) is 6.71 Å². The minimum Gasteiger partial charge on any atom is -0.440 e. The van der Waals surface area contributed by atoms with Crippen molar-refractivity contribution in [1.29, 1.82) is 0 Å². The van der Waals surface area contributed by atoms with Gasteiger partial charge in [-0.1, -0.05) is 153 Å². The Labute approximate surface area is 389 Å². The number of hydrogen-bond donors (Lipinski definition) is 0. The number of fused-ring (bicyclic) bond motifs is 7. The second kappa shape index (κ2) is 14.6. The van der Waals surface area contributed by atoms with Gasteiger partial charge in [0.15, 0.2) is 0 Å². The second-order valence-corrected chi connectivity index (χ2v) is 22.7. The van der Waals surface area contributed by atoms with Gasteiger partial charge in [0.1, 0.15) is 5.58 Å². The summed E-state index contributed by atoms with van der Waals surface area (Å²) in [5.41, 5.74) is 20.6. The SMILES string of the molecule is Cc1cc(C(C)(C)C)ccc1N1c2cccc3c2B(c2cc(-c4cc5ccccc5s4)ccc2N3c2c(C)cc(C(C)(C)C)cc2-c2ccccc2)c2c1oc1ccc(C(C)(C)C)cc21. The van der Waals surface area contributed by atoms with Crippen LogP contribution in [0.4, 0.5) is 34.3 Å². The normalized spacial score (nSPS) is 13.7. The minimum atomic E-state index is -0.104. The Kier molecular flexibility index (Phi) is 9.31. The van der Waals surface area contributed by atoms with Crippen LogP contribution in [0.1, 0.15) is 90.1 Å². The molecule has 65 heavy (non-hydrogen) atoms. The van der Waals surface area contributed by atoms with Gasteiger partial charge in [0.2, 0.25) is 5.88 Å². The standard InChI is InChI=1S/C60H57BN2OS/c1-36-30-41(58(3,4)5)25-28-47(36)63-50-22-17-21-49-55(50)61(54-45-34-42(59(6,7)8)26-29-51(45)64-57(54)63)46-32-40(53-33-39-20-15-16-23-52(39)65-53)24-27-48(46)62(49)56-37(2)31-43(60(9,10)11)35-44(56)38-18-13-12-14-19-38/h12-35H,1-11H3. The van der Waals surface area contributed by atoms with Crippen molar-refractivity contribution >= 4 is 89.8 Å². The Balaban J connectivity index is 1.27. The van der Waals surface area contributed by atoms with E-state index in [4.69, 9.17) is 4.42 Å². The molecule has 3 nitrogen and oxygen atoms in total. The van der Waals surface area contributed by atoms with Crippen LogP contribution in [0.5, 0.6) is 0 Å². The highest BCUT2D eigenvalue weighted by Crippen LogP contribution is 2.50. The van der Waals surface area contributed by atoms with Gasteiger partial charge in [-0.3, -0.25) is 4.90 Å². The fourth-order valence-electron chi connectivity index (χ4n) is 10.4. The summed E-state index contributed by atoms with van der Waals surface area (Å²) >= 11 is 1.87. The second-order valence-electron chi connectivity index (χ2n) is 21.6. The Hall–Kier alpha value is -6.30. The van der Waals surface area contributed by atoms with E-state index in [2.05, 4.69) is 232 Å². The van der Waals surface area contributed by atoms with E-state index in [1.165, 1.54) is 98.3 Å². The molecule has 0 N–H and O–H groups in total. The summed E-state index contributed by atoms with van der Waals surface area (Å²) < 4.78 is 8.57. The van der Waals surface area contributed by atoms with Crippen LogP contribution in [0.25, 0.3) is 42.6 Å². The molecular weight excluding hydrogens is 808 g/mol. The van der Waals surface area contributed by atoms with E-state index in [-0.39, 0.29) is 23.0 Å². The molecule has 0 aliphatic carbocycles. The fourth-order valence-corrected chi connectivity index (χ4v) is 11.5. The van der Waals surface area contributed by atoms with Crippen molar-refractivity contribution in [2.45, 2.75) is 92.4 Å². The Morgan fingerprint density at radius 1 is 0.492 bits per heavy atom. The summed E-state index contributed by atoms with van der Waals surface area (Å²) in [5, 5.41) is 2.45. The van der Waals surface area contributed by atoms with Crippen LogP contribution in [-0.2, 0) is 16.2 Å². The van der Waals surface area contributed by atoms with Crippen molar-refractivity contribution in [2.24, 2.45) is 0 Å². The molecule has 0 radical (unpaired) electrons. The molecule has 0 fully saturated rings. The van der Waals surface area contributed by atoms with E-state index >= 15 is 0 Å². The van der Waals surface area contributed by atoms with Gasteiger partial charge in [-0.25, -0.2) is 0 Å². The van der Waals surface area contributed by atoms with E-state index < -0.39 is 0 Å². The first-order chi connectivity index (χ1) is 31.0. The van der Waals surface area contributed by atoms with E-state index in [1.807, 2.05) is 11.3 Å². The van der Waals surface area contributed by atoms with Crippen molar-refractivity contribution in [3.63, 3.8) is 0 Å². The van der Waals surface area contributed by atoms with Crippen LogP contribution >= 0.6 is 11.3 Å². The van der Waals surface area contributed by atoms with Gasteiger partial charge in [0.05, 0.1) is 11.4 Å². The summed E-state index contributed by atoms with van der Waals surface area (Å²) in [4.78, 5) is 6.32. The first-order valence-corrected chi connectivity index (χ1v) is 24.0. The molecule has 5 heteroatoms. The fraction of sp³-hybridized carbons (Fsp3) is 0.233. The lowest BCUT2D eigenvalue weighted by atomic mass is 9.33. The summed E-state index contributed by atoms with van der Waals surface area (Å²) in [6.07, 6.45) is 0. The van der Waals surface area contributed by atoms with E-state index in [0.29, 0.717) is 0 Å². The van der Waals surface area contributed by atoms with Crippen LogP contribution < -0.4 is 26.2 Å². The lowest BCUT2D eigenvalue weighted by molar-refractivity contribution is 0.589. The summed E-state index contributed by atoms with van der Waals surface area (Å²) in [5.74, 6) is 0.898. The number of nitrogens with zero attached hydrogens (tertiary/aromatic N) is 2. The van der Waals surface area contributed by atoms with Gasteiger partial charge in [-0.05, 0) is 140 Å². The third-order valence-electron chi connectivity index (χ3n) is 14.0. The maximum atomic E-state index is 7.27. The number of thiophene rings is 1. The molecule has 322 valence electrons. The smallest absolute Gasteiger partial charge is 0.257 e. The highest BCUT2D eigenvalue weighted by molar-refractivity contribution is 7.22. The average Bonchev–Trinajstić information content (AvgIpc) is 3.88. The van der Waals surface area contributed by atoms with Gasteiger partial charge in [0, 0.05) is 43.1 Å². The molecule has 2 aromatic heterocycles. The number of anilines is 6. The molecule has 2 aliphatic heterocycles. The molecule has 0 saturated carbocycles. The van der Waals surface area contributed by atoms with Crippen LogP contribution in [-0.4, -0.2) is 6.71 Å². The monoisotopic (exact) mass is 864 g/mol. The molecule has 7 aromatic carbocycles. The van der Waals surface area contributed by atoms with Crippen molar-refractivity contribution in [2.75, 3.05) is 9.80 Å². The highest BCUT2D eigenvalue weighted by atomic mass is 32.1. The van der Waals surface area contributed by atoms with Crippen LogP contribution in [0.3, 0.4) is 0 Å². The number of aryl methyl sites for hydroxylation is 2. The predicted octanol–water partition coefficient (Wildman–Crippen LogP) is 15.6. The van der Waals surface area contributed by atoms with Crippen molar-refractivity contribution in [3.05, 3.63) is 173 Å². The van der Waals surface area contributed by atoms with Crippen LogP contribution in [0.2, 0.25) is 0 Å². The van der Waals surface area contributed by atoms with Gasteiger partial charge >= 0.3 is 0 Å². The number of hydrogen-bond acceptors (Lipinski definition) is 4. The quantitative estimate of drug-likeness (QED) is 0.164. The van der Waals surface area contributed by atoms with Gasteiger partial charge in [-0.15, -0.1) is 11.3 Å². The highest BCUT2D eigenvalue weighted by Gasteiger charge is 2.47. The molecule has 11 rings (SSSR count). The maximum Gasteiger partial charge on any atom is 0.257 e.